The molecule has 0 aromatic carbocycles. The highest BCUT2D eigenvalue weighted by Gasteiger charge is 2.28. The highest BCUT2D eigenvalue weighted by molar-refractivity contribution is 5.57. The number of nitrogens with zero attached hydrogens (tertiary/aromatic N) is 2. The molecular formula is C15H26N4. The molecule has 1 aromatic heterocycles. The fourth-order valence-electron chi connectivity index (χ4n) is 2.05. The van der Waals surface area contributed by atoms with E-state index in [-0.39, 0.29) is 0 Å². The van der Waals surface area contributed by atoms with Crippen molar-refractivity contribution in [2.45, 2.75) is 52.9 Å². The smallest absolute Gasteiger partial charge is 0.136 e. The lowest BCUT2D eigenvalue weighted by atomic mass is 10.1. The zero-order valence-corrected chi connectivity index (χ0v) is 12.6. The molecule has 0 saturated heterocycles. The number of rotatable bonds is 7. The average molecular weight is 262 g/mol. The summed E-state index contributed by atoms with van der Waals surface area (Å²) < 4.78 is 0. The van der Waals surface area contributed by atoms with Crippen LogP contribution in [0.25, 0.3) is 0 Å². The summed E-state index contributed by atoms with van der Waals surface area (Å²) in [5, 5.41) is 6.82. The van der Waals surface area contributed by atoms with Crippen LogP contribution in [0.2, 0.25) is 0 Å². The number of anilines is 2. The topological polar surface area (TPSA) is 49.8 Å². The standard InChI is InChI=1S/C15H26N4/c1-5-16-13-11(4)14(17-9-8-10(2)3)19-15(18-13)12-6-7-12/h10,12H,5-9H2,1-4H3,(H2,16,17,18,19). The molecule has 0 atom stereocenters. The Hall–Kier alpha value is -1.32. The highest BCUT2D eigenvalue weighted by atomic mass is 15.1. The fraction of sp³-hybridized carbons (Fsp3) is 0.733. The second kappa shape index (κ2) is 6.22. The fourth-order valence-corrected chi connectivity index (χ4v) is 2.05. The average Bonchev–Trinajstić information content (AvgIpc) is 3.17. The van der Waals surface area contributed by atoms with Crippen LogP contribution in [0.1, 0.15) is 57.3 Å². The van der Waals surface area contributed by atoms with E-state index < -0.39 is 0 Å². The first kappa shape index (κ1) is 14.1. The molecule has 1 aliphatic rings. The molecule has 1 heterocycles. The van der Waals surface area contributed by atoms with E-state index in [1.807, 2.05) is 0 Å². The van der Waals surface area contributed by atoms with Gasteiger partial charge < -0.3 is 10.6 Å². The van der Waals surface area contributed by atoms with Gasteiger partial charge in [0.2, 0.25) is 0 Å². The zero-order valence-electron chi connectivity index (χ0n) is 12.6. The van der Waals surface area contributed by atoms with Crippen LogP contribution >= 0.6 is 0 Å². The molecule has 1 fully saturated rings. The summed E-state index contributed by atoms with van der Waals surface area (Å²) in [6.45, 7) is 10.6. The number of hydrogen-bond acceptors (Lipinski definition) is 4. The maximum Gasteiger partial charge on any atom is 0.136 e. The van der Waals surface area contributed by atoms with Crippen LogP contribution in [0.5, 0.6) is 0 Å². The summed E-state index contributed by atoms with van der Waals surface area (Å²) in [7, 11) is 0. The van der Waals surface area contributed by atoms with Crippen LogP contribution in [0.3, 0.4) is 0 Å². The lowest BCUT2D eigenvalue weighted by molar-refractivity contribution is 0.606. The first-order valence-corrected chi connectivity index (χ1v) is 7.48. The van der Waals surface area contributed by atoms with Gasteiger partial charge in [0.05, 0.1) is 0 Å². The summed E-state index contributed by atoms with van der Waals surface area (Å²) in [6.07, 6.45) is 3.64. The lowest BCUT2D eigenvalue weighted by Crippen LogP contribution is -2.12. The Labute approximate surface area is 116 Å². The van der Waals surface area contributed by atoms with Crippen molar-refractivity contribution in [1.29, 1.82) is 0 Å². The van der Waals surface area contributed by atoms with Crippen LogP contribution in [0, 0.1) is 12.8 Å². The van der Waals surface area contributed by atoms with Crippen molar-refractivity contribution in [3.05, 3.63) is 11.4 Å². The van der Waals surface area contributed by atoms with E-state index in [9.17, 15) is 0 Å². The lowest BCUT2D eigenvalue weighted by Gasteiger charge is -2.15. The van der Waals surface area contributed by atoms with E-state index in [1.165, 1.54) is 19.3 Å². The number of nitrogens with one attached hydrogen (secondary N) is 2. The largest absolute Gasteiger partial charge is 0.370 e. The number of aromatic nitrogens is 2. The van der Waals surface area contributed by atoms with E-state index in [0.29, 0.717) is 11.8 Å². The molecule has 0 bridgehead atoms. The molecule has 1 aromatic rings. The Morgan fingerprint density at radius 1 is 1.16 bits per heavy atom. The van der Waals surface area contributed by atoms with Crippen molar-refractivity contribution in [2.24, 2.45) is 5.92 Å². The predicted octanol–water partition coefficient (Wildman–Crippen LogP) is 3.55. The summed E-state index contributed by atoms with van der Waals surface area (Å²) in [5.41, 5.74) is 1.13. The van der Waals surface area contributed by atoms with Crippen LogP contribution in [-0.4, -0.2) is 23.1 Å². The summed E-state index contributed by atoms with van der Waals surface area (Å²) in [4.78, 5) is 9.38. The molecule has 4 nitrogen and oxygen atoms in total. The molecule has 0 radical (unpaired) electrons. The summed E-state index contributed by atoms with van der Waals surface area (Å²) in [6, 6.07) is 0. The normalized spacial score (nSPS) is 14.8. The van der Waals surface area contributed by atoms with E-state index in [2.05, 4.69) is 43.3 Å². The van der Waals surface area contributed by atoms with Crippen LogP contribution < -0.4 is 10.6 Å². The van der Waals surface area contributed by atoms with Crippen LogP contribution in [0.15, 0.2) is 0 Å². The zero-order chi connectivity index (χ0) is 13.8. The second-order valence-corrected chi connectivity index (χ2v) is 5.82. The monoisotopic (exact) mass is 262 g/mol. The number of hydrogen-bond donors (Lipinski definition) is 2. The minimum atomic E-state index is 0.587. The maximum atomic E-state index is 4.71. The first-order chi connectivity index (χ1) is 9.11. The van der Waals surface area contributed by atoms with Gasteiger partial charge in [0.1, 0.15) is 17.5 Å². The van der Waals surface area contributed by atoms with Gasteiger partial charge in [-0.15, -0.1) is 0 Å². The third kappa shape index (κ3) is 3.82. The van der Waals surface area contributed by atoms with Gasteiger partial charge in [-0.3, -0.25) is 0 Å². The molecule has 4 heteroatoms. The molecule has 2 rings (SSSR count). The van der Waals surface area contributed by atoms with Gasteiger partial charge in [-0.25, -0.2) is 9.97 Å². The van der Waals surface area contributed by atoms with Crippen molar-refractivity contribution in [3.8, 4) is 0 Å². The third-order valence-electron chi connectivity index (χ3n) is 3.46. The van der Waals surface area contributed by atoms with Gasteiger partial charge in [0.15, 0.2) is 0 Å². The molecule has 0 unspecified atom stereocenters. The Kier molecular flexibility index (Phi) is 4.61. The van der Waals surface area contributed by atoms with Gasteiger partial charge in [-0.05, 0) is 39.0 Å². The minimum absolute atomic E-state index is 0.587. The first-order valence-electron chi connectivity index (χ1n) is 7.48. The van der Waals surface area contributed by atoms with Crippen molar-refractivity contribution in [1.82, 2.24) is 9.97 Å². The molecule has 1 aliphatic carbocycles. The molecular weight excluding hydrogens is 236 g/mol. The van der Waals surface area contributed by atoms with Gasteiger partial charge in [-0.2, -0.15) is 0 Å². The summed E-state index contributed by atoms with van der Waals surface area (Å²) in [5.74, 6) is 4.31. The van der Waals surface area contributed by atoms with Crippen molar-refractivity contribution in [2.75, 3.05) is 23.7 Å². The minimum Gasteiger partial charge on any atom is -0.370 e. The third-order valence-corrected chi connectivity index (χ3v) is 3.46. The van der Waals surface area contributed by atoms with Gasteiger partial charge in [0.25, 0.3) is 0 Å². The molecule has 2 N–H and O–H groups in total. The maximum absolute atomic E-state index is 4.71. The van der Waals surface area contributed by atoms with Crippen LogP contribution in [0.4, 0.5) is 11.6 Å². The molecule has 19 heavy (non-hydrogen) atoms. The van der Waals surface area contributed by atoms with Crippen molar-refractivity contribution in [3.63, 3.8) is 0 Å². The van der Waals surface area contributed by atoms with Gasteiger partial charge in [-0.1, -0.05) is 13.8 Å². The molecule has 0 aliphatic heterocycles. The van der Waals surface area contributed by atoms with Gasteiger partial charge in [0, 0.05) is 24.6 Å². The van der Waals surface area contributed by atoms with Crippen LogP contribution in [-0.2, 0) is 0 Å². The Morgan fingerprint density at radius 2 is 1.79 bits per heavy atom. The quantitative estimate of drug-likeness (QED) is 0.789. The van der Waals surface area contributed by atoms with Crippen molar-refractivity contribution >= 4 is 11.6 Å². The van der Waals surface area contributed by atoms with E-state index in [0.717, 1.165) is 36.1 Å². The van der Waals surface area contributed by atoms with Gasteiger partial charge >= 0.3 is 0 Å². The Balaban J connectivity index is 2.14. The highest BCUT2D eigenvalue weighted by Crippen LogP contribution is 2.39. The molecule has 106 valence electrons. The molecule has 0 amide bonds. The van der Waals surface area contributed by atoms with Crippen molar-refractivity contribution < 1.29 is 0 Å². The Bertz CT molecular complexity index is 424. The Morgan fingerprint density at radius 3 is 2.32 bits per heavy atom. The molecule has 1 saturated carbocycles. The molecule has 0 spiro atoms. The van der Waals surface area contributed by atoms with E-state index in [4.69, 9.17) is 4.98 Å². The van der Waals surface area contributed by atoms with E-state index >= 15 is 0 Å². The SMILES string of the molecule is CCNc1nc(C2CC2)nc(NCCC(C)C)c1C. The predicted molar refractivity (Wildman–Crippen MR) is 80.9 cm³/mol. The second-order valence-electron chi connectivity index (χ2n) is 5.82. The van der Waals surface area contributed by atoms with E-state index in [1.54, 1.807) is 0 Å². The summed E-state index contributed by atoms with van der Waals surface area (Å²) >= 11 is 0.